The van der Waals surface area contributed by atoms with Crippen LogP contribution in [0.2, 0.25) is 0 Å². The van der Waals surface area contributed by atoms with Gasteiger partial charge in [0.2, 0.25) is 0 Å². The summed E-state index contributed by atoms with van der Waals surface area (Å²) in [7, 11) is -3.77. The molecule has 0 aliphatic heterocycles. The van der Waals surface area contributed by atoms with Crippen molar-refractivity contribution < 1.29 is 13.5 Å². The molecular formula is C11H14N4O3S. The lowest BCUT2D eigenvalue weighted by Gasteiger charge is -2.08. The molecule has 7 nitrogen and oxygen atoms in total. The number of nitrogens with zero attached hydrogens (tertiary/aromatic N) is 1. The number of nitrogens with one attached hydrogen (secondary N) is 2. The van der Waals surface area contributed by atoms with Crippen molar-refractivity contribution in [2.75, 3.05) is 10.5 Å². The summed E-state index contributed by atoms with van der Waals surface area (Å²) in [6.07, 6.45) is 2.20. The lowest BCUT2D eigenvalue weighted by Crippen LogP contribution is -2.14. The van der Waals surface area contributed by atoms with E-state index >= 15 is 0 Å². The average molecular weight is 282 g/mol. The highest BCUT2D eigenvalue weighted by atomic mass is 32.2. The largest absolute Gasteiger partial charge is 0.506 e. The third kappa shape index (κ3) is 2.63. The molecule has 0 amide bonds. The second-order valence-electron chi connectivity index (χ2n) is 3.95. The van der Waals surface area contributed by atoms with Gasteiger partial charge < -0.3 is 10.8 Å². The van der Waals surface area contributed by atoms with Gasteiger partial charge in [0.1, 0.15) is 11.6 Å². The van der Waals surface area contributed by atoms with Gasteiger partial charge >= 0.3 is 0 Å². The van der Waals surface area contributed by atoms with Crippen LogP contribution in [0.25, 0.3) is 0 Å². The van der Waals surface area contributed by atoms with Crippen LogP contribution in [0.3, 0.4) is 0 Å². The van der Waals surface area contributed by atoms with E-state index in [2.05, 4.69) is 14.9 Å². The van der Waals surface area contributed by atoms with Gasteiger partial charge in [-0.3, -0.25) is 9.82 Å². The minimum atomic E-state index is -3.77. The quantitative estimate of drug-likeness (QED) is 0.493. The molecule has 0 saturated heterocycles. The molecule has 1 aromatic carbocycles. The number of nitrogen functional groups attached to an aromatic ring is 1. The number of rotatable bonds is 4. The van der Waals surface area contributed by atoms with Crippen LogP contribution in [0.5, 0.6) is 5.75 Å². The molecule has 0 fully saturated rings. The van der Waals surface area contributed by atoms with Crippen LogP contribution in [-0.2, 0) is 16.4 Å². The first-order chi connectivity index (χ1) is 8.94. The third-order valence-electron chi connectivity index (χ3n) is 2.64. The van der Waals surface area contributed by atoms with E-state index in [-0.39, 0.29) is 16.3 Å². The summed E-state index contributed by atoms with van der Waals surface area (Å²) in [6, 6.07) is 3.70. The molecule has 19 heavy (non-hydrogen) atoms. The number of aromatic amines is 1. The number of aromatic hydroxyl groups is 1. The maximum atomic E-state index is 12.1. The number of hydrogen-bond acceptors (Lipinski definition) is 5. The molecule has 0 atom stereocenters. The van der Waals surface area contributed by atoms with Crippen LogP contribution in [-0.4, -0.2) is 23.7 Å². The molecule has 0 aliphatic carbocycles. The molecule has 102 valence electrons. The van der Waals surface area contributed by atoms with Crippen molar-refractivity contribution in [1.29, 1.82) is 0 Å². The van der Waals surface area contributed by atoms with Crippen LogP contribution in [0.15, 0.2) is 29.3 Å². The summed E-state index contributed by atoms with van der Waals surface area (Å²) < 4.78 is 26.7. The fourth-order valence-corrected chi connectivity index (χ4v) is 2.65. The molecule has 0 spiro atoms. The van der Waals surface area contributed by atoms with Gasteiger partial charge in [0.05, 0.1) is 16.8 Å². The third-order valence-corrected chi connectivity index (χ3v) is 3.99. The van der Waals surface area contributed by atoms with E-state index in [1.54, 1.807) is 6.20 Å². The van der Waals surface area contributed by atoms with Crippen molar-refractivity contribution >= 4 is 21.5 Å². The Morgan fingerprint density at radius 1 is 1.47 bits per heavy atom. The van der Waals surface area contributed by atoms with Crippen LogP contribution in [0.1, 0.15) is 12.5 Å². The first-order valence-corrected chi connectivity index (χ1v) is 7.06. The van der Waals surface area contributed by atoms with E-state index in [1.807, 2.05) is 6.92 Å². The van der Waals surface area contributed by atoms with Crippen LogP contribution < -0.4 is 10.5 Å². The van der Waals surface area contributed by atoms with E-state index < -0.39 is 10.0 Å². The predicted octanol–water partition coefficient (Wildman–Crippen LogP) is 1.06. The molecule has 0 bridgehead atoms. The standard InChI is InChI=1S/C11H14N4O3S/c1-2-7-6-13-14-11(7)15-19(17,18)8-3-4-10(16)9(12)5-8/h3-6,16H,2,12H2,1H3,(H2,13,14,15). The first-order valence-electron chi connectivity index (χ1n) is 5.57. The zero-order valence-corrected chi connectivity index (χ0v) is 11.0. The number of phenols is 1. The molecule has 1 heterocycles. The lowest BCUT2D eigenvalue weighted by atomic mass is 10.3. The molecule has 0 radical (unpaired) electrons. The number of H-pyrrole nitrogens is 1. The van der Waals surface area contributed by atoms with Gasteiger partial charge in [-0.2, -0.15) is 5.10 Å². The van der Waals surface area contributed by atoms with Crippen molar-refractivity contribution in [2.45, 2.75) is 18.2 Å². The molecule has 2 aromatic rings. The molecule has 2 rings (SSSR count). The number of hydrogen-bond donors (Lipinski definition) is 4. The SMILES string of the molecule is CCc1cn[nH]c1NS(=O)(=O)c1ccc(O)c(N)c1. The molecule has 8 heteroatoms. The zero-order valence-electron chi connectivity index (χ0n) is 10.2. The molecular weight excluding hydrogens is 268 g/mol. The second-order valence-corrected chi connectivity index (χ2v) is 5.63. The maximum absolute atomic E-state index is 12.1. The van der Waals surface area contributed by atoms with Gasteiger partial charge in [0, 0.05) is 5.56 Å². The van der Waals surface area contributed by atoms with Crippen molar-refractivity contribution in [1.82, 2.24) is 10.2 Å². The Hall–Kier alpha value is -2.22. The van der Waals surface area contributed by atoms with Gasteiger partial charge in [0.25, 0.3) is 10.0 Å². The minimum Gasteiger partial charge on any atom is -0.506 e. The number of anilines is 2. The Morgan fingerprint density at radius 2 is 2.21 bits per heavy atom. The predicted molar refractivity (Wildman–Crippen MR) is 71.3 cm³/mol. The Kier molecular flexibility index (Phi) is 3.34. The first kappa shape index (κ1) is 13.2. The summed E-state index contributed by atoms with van der Waals surface area (Å²) >= 11 is 0. The van der Waals surface area contributed by atoms with E-state index in [0.717, 1.165) is 5.56 Å². The summed E-state index contributed by atoms with van der Waals surface area (Å²) in [5.41, 5.74) is 6.25. The second kappa shape index (κ2) is 4.81. The number of phenolic OH excluding ortho intramolecular Hbond substituents is 1. The van der Waals surface area contributed by atoms with Gasteiger partial charge in [-0.05, 0) is 24.6 Å². The summed E-state index contributed by atoms with van der Waals surface area (Å²) in [5, 5.41) is 15.7. The molecule has 0 aliphatic rings. The van der Waals surface area contributed by atoms with Crippen LogP contribution in [0, 0.1) is 0 Å². The molecule has 0 unspecified atom stereocenters. The van der Waals surface area contributed by atoms with Gasteiger partial charge in [-0.15, -0.1) is 0 Å². The summed E-state index contributed by atoms with van der Waals surface area (Å²) in [5.74, 6) is 0.170. The Balaban J connectivity index is 2.35. The highest BCUT2D eigenvalue weighted by Crippen LogP contribution is 2.25. The Labute approximate surface area is 110 Å². The molecule has 5 N–H and O–H groups in total. The van der Waals surface area contributed by atoms with Crippen molar-refractivity contribution in [3.05, 3.63) is 30.0 Å². The maximum Gasteiger partial charge on any atom is 0.263 e. The smallest absolute Gasteiger partial charge is 0.263 e. The topological polar surface area (TPSA) is 121 Å². The van der Waals surface area contributed by atoms with E-state index in [0.29, 0.717) is 12.2 Å². The Bertz CT molecular complexity index is 694. The van der Waals surface area contributed by atoms with Gasteiger partial charge in [-0.1, -0.05) is 6.92 Å². The van der Waals surface area contributed by atoms with E-state index in [9.17, 15) is 13.5 Å². The fraction of sp³-hybridized carbons (Fsp3) is 0.182. The Morgan fingerprint density at radius 3 is 2.84 bits per heavy atom. The summed E-state index contributed by atoms with van der Waals surface area (Å²) in [4.78, 5) is -0.0283. The molecule has 0 saturated carbocycles. The molecule has 1 aromatic heterocycles. The number of aromatic nitrogens is 2. The average Bonchev–Trinajstić information content (AvgIpc) is 2.79. The number of nitrogens with two attached hydrogens (primary N) is 1. The van der Waals surface area contributed by atoms with Gasteiger partial charge in [-0.25, -0.2) is 8.42 Å². The van der Waals surface area contributed by atoms with Crippen molar-refractivity contribution in [3.8, 4) is 5.75 Å². The number of aryl methyl sites for hydroxylation is 1. The van der Waals surface area contributed by atoms with Crippen LogP contribution in [0.4, 0.5) is 11.5 Å². The monoisotopic (exact) mass is 282 g/mol. The highest BCUT2D eigenvalue weighted by Gasteiger charge is 2.17. The van der Waals surface area contributed by atoms with Gasteiger partial charge in [0.15, 0.2) is 0 Å². The minimum absolute atomic E-state index is 0.00296. The summed E-state index contributed by atoms with van der Waals surface area (Å²) in [6.45, 7) is 1.89. The van der Waals surface area contributed by atoms with Crippen molar-refractivity contribution in [3.63, 3.8) is 0 Å². The lowest BCUT2D eigenvalue weighted by molar-refractivity contribution is 0.477. The number of sulfonamides is 1. The van der Waals surface area contributed by atoms with Crippen molar-refractivity contribution in [2.24, 2.45) is 0 Å². The van der Waals surface area contributed by atoms with Crippen LogP contribution >= 0.6 is 0 Å². The normalized spacial score (nSPS) is 11.4. The van der Waals surface area contributed by atoms with E-state index in [1.165, 1.54) is 18.2 Å². The van der Waals surface area contributed by atoms with E-state index in [4.69, 9.17) is 5.73 Å². The number of benzene rings is 1. The fourth-order valence-electron chi connectivity index (χ4n) is 1.56. The zero-order chi connectivity index (χ0) is 14.0. The highest BCUT2D eigenvalue weighted by molar-refractivity contribution is 7.92.